The Morgan fingerprint density at radius 1 is 1.50 bits per heavy atom. The molecule has 0 bridgehead atoms. The molecule has 0 fully saturated rings. The molecule has 0 saturated carbocycles. The minimum absolute atomic E-state index is 0.0256. The molecule has 0 aliphatic heterocycles. The Morgan fingerprint density at radius 2 is 2.25 bits per heavy atom. The molecule has 8 heteroatoms. The number of anilines is 2. The Kier molecular flexibility index (Phi) is 4.56. The lowest BCUT2D eigenvalue weighted by Crippen LogP contribution is -2.18. The van der Waals surface area contributed by atoms with Gasteiger partial charge in [-0.3, -0.25) is 10.1 Å². The third kappa shape index (κ3) is 3.45. The highest BCUT2D eigenvalue weighted by Gasteiger charge is 2.14. The summed E-state index contributed by atoms with van der Waals surface area (Å²) in [7, 11) is 3.54. The van der Waals surface area contributed by atoms with Crippen LogP contribution in [0.5, 0.6) is 0 Å². The van der Waals surface area contributed by atoms with E-state index in [1.54, 1.807) is 18.4 Å². The molecule has 20 heavy (non-hydrogen) atoms. The van der Waals surface area contributed by atoms with Crippen LogP contribution in [0.1, 0.15) is 5.56 Å². The highest BCUT2D eigenvalue weighted by molar-refractivity contribution is 9.11. The van der Waals surface area contributed by atoms with Gasteiger partial charge in [0, 0.05) is 20.6 Å². The van der Waals surface area contributed by atoms with E-state index in [0.29, 0.717) is 18.2 Å². The number of nitrogens with zero attached hydrogens (tertiary/aromatic N) is 3. The molecule has 1 N–H and O–H groups in total. The highest BCUT2D eigenvalue weighted by Crippen LogP contribution is 2.26. The lowest BCUT2D eigenvalue weighted by atomic mass is 10.3. The van der Waals surface area contributed by atoms with Gasteiger partial charge in [0.05, 0.1) is 20.8 Å². The maximum atomic E-state index is 10.9. The number of hydrogen-bond acceptors (Lipinski definition) is 6. The summed E-state index contributed by atoms with van der Waals surface area (Å²) in [6.07, 6.45) is 0. The van der Waals surface area contributed by atoms with E-state index in [0.717, 1.165) is 9.35 Å². The average molecular weight is 357 g/mol. The Bertz CT molecular complexity index is 632. The first-order valence-electron chi connectivity index (χ1n) is 5.78. The lowest BCUT2D eigenvalue weighted by Gasteiger charge is -2.18. The Balaban J connectivity index is 2.26. The van der Waals surface area contributed by atoms with Crippen LogP contribution in [-0.4, -0.2) is 24.0 Å². The van der Waals surface area contributed by atoms with Crippen LogP contribution >= 0.6 is 27.3 Å². The monoisotopic (exact) mass is 356 g/mol. The molecule has 2 aromatic rings. The summed E-state index contributed by atoms with van der Waals surface area (Å²) >= 11 is 5.02. The molecule has 0 radical (unpaired) electrons. The van der Waals surface area contributed by atoms with Gasteiger partial charge in [0.1, 0.15) is 11.6 Å². The smallest absolute Gasteiger partial charge is 0.276 e. The van der Waals surface area contributed by atoms with Gasteiger partial charge in [-0.1, -0.05) is 0 Å². The molecular formula is C12H13BrN4O2S. The number of halogens is 1. The molecule has 0 aliphatic rings. The maximum Gasteiger partial charge on any atom is 0.276 e. The number of pyridine rings is 1. The predicted octanol–water partition coefficient (Wildman–Crippen LogP) is 3.49. The van der Waals surface area contributed by atoms with Gasteiger partial charge in [-0.05, 0) is 32.9 Å². The largest absolute Gasteiger partial charge is 0.373 e. The van der Waals surface area contributed by atoms with E-state index in [1.807, 2.05) is 23.4 Å². The molecule has 0 spiro atoms. The number of hydrogen-bond donors (Lipinski definition) is 1. The molecule has 106 valence electrons. The third-order valence-corrected chi connectivity index (χ3v) is 4.25. The molecule has 6 nitrogen and oxygen atoms in total. The van der Waals surface area contributed by atoms with Crippen molar-refractivity contribution in [3.63, 3.8) is 0 Å². The number of aromatic nitrogens is 1. The van der Waals surface area contributed by atoms with E-state index in [-0.39, 0.29) is 5.69 Å². The SMILES string of the molecule is CNc1cc([N+](=O)[O-])cc(N(C)Cc2csc(Br)c2)n1. The van der Waals surface area contributed by atoms with E-state index in [4.69, 9.17) is 0 Å². The summed E-state index contributed by atoms with van der Waals surface area (Å²) in [6, 6.07) is 4.91. The Labute approximate surface area is 128 Å². The summed E-state index contributed by atoms with van der Waals surface area (Å²) in [6.45, 7) is 0.638. The molecule has 0 saturated heterocycles. The quantitative estimate of drug-likeness (QED) is 0.655. The zero-order chi connectivity index (χ0) is 14.7. The second-order valence-corrected chi connectivity index (χ2v) is 6.48. The zero-order valence-corrected chi connectivity index (χ0v) is 13.4. The molecule has 2 aromatic heterocycles. The Morgan fingerprint density at radius 3 is 2.80 bits per heavy atom. The first-order chi connectivity index (χ1) is 9.49. The minimum atomic E-state index is -0.416. The molecular weight excluding hydrogens is 344 g/mol. The maximum absolute atomic E-state index is 10.9. The van der Waals surface area contributed by atoms with Crippen LogP contribution in [0.3, 0.4) is 0 Å². The second kappa shape index (κ2) is 6.19. The Hall–Kier alpha value is -1.67. The van der Waals surface area contributed by atoms with Gasteiger partial charge in [-0.15, -0.1) is 11.3 Å². The van der Waals surface area contributed by atoms with E-state index in [9.17, 15) is 10.1 Å². The average Bonchev–Trinajstić information content (AvgIpc) is 2.83. The van der Waals surface area contributed by atoms with Gasteiger partial charge in [0.25, 0.3) is 5.69 Å². The van der Waals surface area contributed by atoms with E-state index >= 15 is 0 Å². The first-order valence-corrected chi connectivity index (χ1v) is 7.45. The van der Waals surface area contributed by atoms with Gasteiger partial charge in [0.2, 0.25) is 0 Å². The van der Waals surface area contributed by atoms with Crippen molar-refractivity contribution < 1.29 is 4.92 Å². The van der Waals surface area contributed by atoms with Crippen molar-refractivity contribution in [2.45, 2.75) is 6.54 Å². The topological polar surface area (TPSA) is 71.3 Å². The molecule has 0 amide bonds. The van der Waals surface area contributed by atoms with Gasteiger partial charge >= 0.3 is 0 Å². The normalized spacial score (nSPS) is 10.3. The molecule has 0 aromatic carbocycles. The van der Waals surface area contributed by atoms with E-state index < -0.39 is 4.92 Å². The van der Waals surface area contributed by atoms with Crippen molar-refractivity contribution in [3.05, 3.63) is 43.0 Å². The fourth-order valence-corrected chi connectivity index (χ4v) is 2.91. The van der Waals surface area contributed by atoms with Gasteiger partial charge < -0.3 is 10.2 Å². The van der Waals surface area contributed by atoms with Crippen molar-refractivity contribution in [2.75, 3.05) is 24.3 Å². The van der Waals surface area contributed by atoms with Crippen LogP contribution in [-0.2, 0) is 6.54 Å². The highest BCUT2D eigenvalue weighted by atomic mass is 79.9. The fourth-order valence-electron chi connectivity index (χ4n) is 1.71. The van der Waals surface area contributed by atoms with E-state index in [2.05, 4.69) is 26.2 Å². The van der Waals surface area contributed by atoms with Crippen LogP contribution in [0.15, 0.2) is 27.4 Å². The summed E-state index contributed by atoms with van der Waals surface area (Å²) in [5.74, 6) is 1.04. The van der Waals surface area contributed by atoms with Crippen LogP contribution < -0.4 is 10.2 Å². The van der Waals surface area contributed by atoms with Crippen molar-refractivity contribution in [1.29, 1.82) is 0 Å². The number of thiophene rings is 1. The molecule has 0 aliphatic carbocycles. The fraction of sp³-hybridized carbons (Fsp3) is 0.250. The minimum Gasteiger partial charge on any atom is -0.373 e. The predicted molar refractivity (Wildman–Crippen MR) is 84.6 cm³/mol. The third-order valence-electron chi connectivity index (χ3n) is 2.70. The van der Waals surface area contributed by atoms with Crippen LogP contribution in [0, 0.1) is 10.1 Å². The molecule has 0 atom stereocenters. The molecule has 0 unspecified atom stereocenters. The van der Waals surface area contributed by atoms with Crippen LogP contribution in [0.25, 0.3) is 0 Å². The number of nitro groups is 1. The van der Waals surface area contributed by atoms with Gasteiger partial charge in [-0.25, -0.2) is 4.98 Å². The zero-order valence-electron chi connectivity index (χ0n) is 11.0. The summed E-state index contributed by atoms with van der Waals surface area (Å²) in [5.41, 5.74) is 1.15. The van der Waals surface area contributed by atoms with Crippen molar-refractivity contribution >= 4 is 44.6 Å². The number of rotatable bonds is 5. The van der Waals surface area contributed by atoms with E-state index in [1.165, 1.54) is 12.1 Å². The van der Waals surface area contributed by atoms with Crippen LogP contribution in [0.4, 0.5) is 17.3 Å². The van der Waals surface area contributed by atoms with Crippen molar-refractivity contribution in [1.82, 2.24) is 4.98 Å². The summed E-state index contributed by atoms with van der Waals surface area (Å²) in [4.78, 5) is 16.7. The lowest BCUT2D eigenvalue weighted by molar-refractivity contribution is -0.384. The second-order valence-electron chi connectivity index (χ2n) is 4.19. The standard InChI is InChI=1S/C12H13BrN4O2S/c1-14-11-4-9(17(18)19)5-12(15-11)16(2)6-8-3-10(13)20-7-8/h3-5,7H,6H2,1-2H3,(H,14,15). The summed E-state index contributed by atoms with van der Waals surface area (Å²) in [5, 5.41) is 15.8. The van der Waals surface area contributed by atoms with Crippen molar-refractivity contribution in [2.24, 2.45) is 0 Å². The first kappa shape index (κ1) is 14.7. The van der Waals surface area contributed by atoms with Gasteiger partial charge in [0.15, 0.2) is 0 Å². The van der Waals surface area contributed by atoms with Gasteiger partial charge in [-0.2, -0.15) is 0 Å². The van der Waals surface area contributed by atoms with Crippen LogP contribution in [0.2, 0.25) is 0 Å². The molecule has 2 heterocycles. The number of nitrogens with one attached hydrogen (secondary N) is 1. The van der Waals surface area contributed by atoms with Crippen molar-refractivity contribution in [3.8, 4) is 0 Å². The molecule has 2 rings (SSSR count). The summed E-state index contributed by atoms with van der Waals surface area (Å²) < 4.78 is 1.06.